The quantitative estimate of drug-likeness (QED) is 0.588. The van der Waals surface area contributed by atoms with Crippen molar-refractivity contribution in [2.75, 3.05) is 18.1 Å². The van der Waals surface area contributed by atoms with Crippen LogP contribution < -0.4 is 20.9 Å². The van der Waals surface area contributed by atoms with Crippen LogP contribution in [0.25, 0.3) is 0 Å². The van der Waals surface area contributed by atoms with E-state index in [1.807, 2.05) is 0 Å². The first-order valence-corrected chi connectivity index (χ1v) is 9.49. The summed E-state index contributed by atoms with van der Waals surface area (Å²) in [4.78, 5) is 44.3. The van der Waals surface area contributed by atoms with E-state index in [2.05, 4.69) is 11.6 Å². The van der Waals surface area contributed by atoms with Gasteiger partial charge in [-0.2, -0.15) is 0 Å². The maximum absolute atomic E-state index is 14.0. The minimum atomic E-state index is -1.79. The number of aryl methyl sites for hydroxylation is 1. The van der Waals surface area contributed by atoms with Crippen LogP contribution >= 0.6 is 0 Å². The van der Waals surface area contributed by atoms with E-state index in [-0.39, 0.29) is 35.9 Å². The van der Waals surface area contributed by atoms with Crippen LogP contribution in [0, 0.1) is 6.92 Å². The van der Waals surface area contributed by atoms with Gasteiger partial charge in [0.05, 0.1) is 12.2 Å². The lowest BCUT2D eigenvalue weighted by Crippen LogP contribution is -2.51. The Morgan fingerprint density at radius 2 is 2.10 bits per heavy atom. The summed E-state index contributed by atoms with van der Waals surface area (Å²) in [6.45, 7) is 7.30. The van der Waals surface area contributed by atoms with Crippen molar-refractivity contribution in [1.29, 1.82) is 0 Å². The van der Waals surface area contributed by atoms with Gasteiger partial charge < -0.3 is 25.1 Å². The van der Waals surface area contributed by atoms with Crippen LogP contribution in [0.5, 0.6) is 5.75 Å². The number of hydrogen-bond donors (Lipinski definition) is 2. The average Bonchev–Trinajstić information content (AvgIpc) is 2.91. The number of ether oxygens (including phenoxy) is 2. The second-order valence-corrected chi connectivity index (χ2v) is 7.05. The fourth-order valence-electron chi connectivity index (χ4n) is 4.28. The van der Waals surface area contributed by atoms with Crippen LogP contribution in [-0.2, 0) is 19.7 Å². The van der Waals surface area contributed by atoms with Gasteiger partial charge in [-0.15, -0.1) is 6.58 Å². The highest BCUT2D eigenvalue weighted by Crippen LogP contribution is 2.54. The molecule has 1 spiro atoms. The molecule has 8 heteroatoms. The van der Waals surface area contributed by atoms with Gasteiger partial charge in [0.2, 0.25) is 11.8 Å². The maximum atomic E-state index is 14.0. The van der Waals surface area contributed by atoms with Crippen LogP contribution in [0.15, 0.2) is 59.2 Å². The SMILES string of the molecule is C=CCN1C(=O)C2(C(C(=O)OCC)=C(N)Oc3cc(C)[nH]c(=O)c32)c2ccccc21. The minimum Gasteiger partial charge on any atom is -0.462 e. The molecule has 2 aliphatic heterocycles. The molecule has 1 aromatic heterocycles. The number of para-hydroxylation sites is 1. The molecule has 8 nitrogen and oxygen atoms in total. The number of nitrogens with two attached hydrogens (primary N) is 1. The van der Waals surface area contributed by atoms with Gasteiger partial charge in [0.15, 0.2) is 0 Å². The minimum absolute atomic E-state index is 0.00867. The molecule has 0 bridgehead atoms. The molecule has 1 aromatic carbocycles. The highest BCUT2D eigenvalue weighted by molar-refractivity contribution is 6.18. The number of carbonyl (C=O) groups excluding carboxylic acids is 2. The number of H-pyrrole nitrogens is 1. The molecule has 4 rings (SSSR count). The van der Waals surface area contributed by atoms with Gasteiger partial charge in [0.1, 0.15) is 16.7 Å². The summed E-state index contributed by atoms with van der Waals surface area (Å²) >= 11 is 0. The Morgan fingerprint density at radius 3 is 2.80 bits per heavy atom. The Kier molecular flexibility index (Phi) is 4.49. The third kappa shape index (κ3) is 2.43. The Hall–Kier alpha value is -3.81. The Bertz CT molecular complexity index is 1180. The third-order valence-electron chi connectivity index (χ3n) is 5.30. The molecule has 1 unspecified atom stereocenters. The number of aromatic nitrogens is 1. The Morgan fingerprint density at radius 1 is 1.37 bits per heavy atom. The number of esters is 1. The monoisotopic (exact) mass is 407 g/mol. The van der Waals surface area contributed by atoms with Crippen molar-refractivity contribution in [2.24, 2.45) is 5.73 Å². The first-order chi connectivity index (χ1) is 14.4. The van der Waals surface area contributed by atoms with Gasteiger partial charge in [-0.3, -0.25) is 9.59 Å². The summed E-state index contributed by atoms with van der Waals surface area (Å²) in [5.74, 6) is -1.45. The summed E-state index contributed by atoms with van der Waals surface area (Å²) in [7, 11) is 0. The summed E-state index contributed by atoms with van der Waals surface area (Å²) < 4.78 is 10.9. The van der Waals surface area contributed by atoms with Crippen LogP contribution in [-0.4, -0.2) is 30.0 Å². The Labute approximate surface area is 172 Å². The second kappa shape index (κ2) is 6.91. The molecule has 2 aromatic rings. The van der Waals surface area contributed by atoms with Crippen LogP contribution in [0.2, 0.25) is 0 Å². The largest absolute Gasteiger partial charge is 0.462 e. The third-order valence-corrected chi connectivity index (χ3v) is 5.30. The van der Waals surface area contributed by atoms with E-state index in [1.54, 1.807) is 50.3 Å². The normalized spacial score (nSPS) is 19.4. The van der Waals surface area contributed by atoms with E-state index in [9.17, 15) is 14.4 Å². The van der Waals surface area contributed by atoms with Gasteiger partial charge in [0.25, 0.3) is 5.56 Å². The van der Waals surface area contributed by atoms with Crippen molar-refractivity contribution in [3.05, 3.63) is 81.6 Å². The predicted molar refractivity (Wildman–Crippen MR) is 110 cm³/mol. The highest BCUT2D eigenvalue weighted by Gasteiger charge is 2.62. The van der Waals surface area contributed by atoms with E-state index in [0.717, 1.165) is 0 Å². The van der Waals surface area contributed by atoms with Gasteiger partial charge in [0, 0.05) is 29.6 Å². The first kappa shape index (κ1) is 19.5. The molecular weight excluding hydrogens is 386 g/mol. The molecule has 0 radical (unpaired) electrons. The maximum Gasteiger partial charge on any atom is 0.341 e. The lowest BCUT2D eigenvalue weighted by molar-refractivity contribution is -0.140. The lowest BCUT2D eigenvalue weighted by Gasteiger charge is -2.35. The van der Waals surface area contributed by atoms with Crippen molar-refractivity contribution in [3.8, 4) is 5.75 Å². The molecule has 154 valence electrons. The van der Waals surface area contributed by atoms with Crippen molar-refractivity contribution in [3.63, 3.8) is 0 Å². The highest BCUT2D eigenvalue weighted by atomic mass is 16.5. The molecule has 0 saturated carbocycles. The zero-order chi connectivity index (χ0) is 21.6. The fraction of sp³-hybridized carbons (Fsp3) is 0.227. The number of anilines is 1. The molecule has 30 heavy (non-hydrogen) atoms. The summed E-state index contributed by atoms with van der Waals surface area (Å²) in [6.07, 6.45) is 1.57. The number of amides is 1. The zero-order valence-corrected chi connectivity index (χ0v) is 16.7. The van der Waals surface area contributed by atoms with Crippen molar-refractivity contribution < 1.29 is 19.1 Å². The summed E-state index contributed by atoms with van der Waals surface area (Å²) in [5.41, 5.74) is 5.21. The number of benzene rings is 1. The standard InChI is InChI=1S/C22H21N3O5/c1-4-10-25-14-9-7-6-8-13(14)22(21(25)28)16-15(11-12(3)24-19(16)26)30-18(23)17(22)20(27)29-5-2/h4,6-9,11H,1,5,10,23H2,2-3H3,(H,24,26). The van der Waals surface area contributed by atoms with Crippen LogP contribution in [0.3, 0.4) is 0 Å². The number of pyridine rings is 1. The van der Waals surface area contributed by atoms with Gasteiger partial charge in [-0.1, -0.05) is 24.3 Å². The number of carbonyl (C=O) groups is 2. The molecule has 2 aliphatic rings. The van der Waals surface area contributed by atoms with E-state index in [0.29, 0.717) is 16.9 Å². The first-order valence-electron chi connectivity index (χ1n) is 9.49. The van der Waals surface area contributed by atoms with Crippen molar-refractivity contribution in [1.82, 2.24) is 4.98 Å². The number of nitrogens with zero attached hydrogens (tertiary/aromatic N) is 1. The fourth-order valence-corrected chi connectivity index (χ4v) is 4.28. The number of fused-ring (bicyclic) bond motifs is 4. The Balaban J connectivity index is 2.17. The molecule has 0 fully saturated rings. The average molecular weight is 407 g/mol. The van der Waals surface area contributed by atoms with Crippen molar-refractivity contribution >= 4 is 17.6 Å². The zero-order valence-electron chi connectivity index (χ0n) is 16.7. The molecule has 1 amide bonds. The van der Waals surface area contributed by atoms with Crippen LogP contribution in [0.1, 0.15) is 23.7 Å². The molecule has 1 atom stereocenters. The smallest absolute Gasteiger partial charge is 0.341 e. The second-order valence-electron chi connectivity index (χ2n) is 7.05. The summed E-state index contributed by atoms with van der Waals surface area (Å²) in [5, 5.41) is 0. The summed E-state index contributed by atoms with van der Waals surface area (Å²) in [6, 6.07) is 8.55. The van der Waals surface area contributed by atoms with E-state index < -0.39 is 22.9 Å². The topological polar surface area (TPSA) is 115 Å². The van der Waals surface area contributed by atoms with Gasteiger partial charge in [-0.25, -0.2) is 4.79 Å². The lowest BCUT2D eigenvalue weighted by atomic mass is 9.68. The molecular formula is C22H21N3O5. The van der Waals surface area contributed by atoms with Crippen LogP contribution in [0.4, 0.5) is 5.69 Å². The van der Waals surface area contributed by atoms with Gasteiger partial charge >= 0.3 is 5.97 Å². The van der Waals surface area contributed by atoms with E-state index in [4.69, 9.17) is 15.2 Å². The van der Waals surface area contributed by atoms with Gasteiger partial charge in [-0.05, 0) is 19.9 Å². The number of hydrogen-bond acceptors (Lipinski definition) is 6. The number of nitrogens with one attached hydrogen (secondary N) is 1. The predicted octanol–water partition coefficient (Wildman–Crippen LogP) is 1.63. The van der Waals surface area contributed by atoms with E-state index in [1.165, 1.54) is 4.90 Å². The molecule has 0 aliphatic carbocycles. The molecule has 3 N–H and O–H groups in total. The number of aromatic amines is 1. The number of rotatable bonds is 4. The molecule has 3 heterocycles. The van der Waals surface area contributed by atoms with Crippen molar-refractivity contribution in [2.45, 2.75) is 19.3 Å². The molecule has 0 saturated heterocycles. The van der Waals surface area contributed by atoms with E-state index >= 15 is 0 Å².